The maximum atomic E-state index is 12.1. The van der Waals surface area contributed by atoms with E-state index in [9.17, 15) is 9.90 Å². The van der Waals surface area contributed by atoms with Crippen molar-refractivity contribution in [3.63, 3.8) is 0 Å². The molecular formula is C12H15BrN2O2S. The number of amides is 1. The highest BCUT2D eigenvalue weighted by atomic mass is 79.9. The lowest BCUT2D eigenvalue weighted by molar-refractivity contribution is 0.0924. The highest BCUT2D eigenvalue weighted by Gasteiger charge is 2.28. The number of rotatable bonds is 4. The summed E-state index contributed by atoms with van der Waals surface area (Å²) in [5.41, 5.74) is 5.04. The predicted octanol–water partition coefficient (Wildman–Crippen LogP) is 2.34. The van der Waals surface area contributed by atoms with Crippen molar-refractivity contribution >= 4 is 39.0 Å². The van der Waals surface area contributed by atoms with E-state index in [1.165, 1.54) is 6.07 Å². The van der Waals surface area contributed by atoms with E-state index in [0.717, 1.165) is 0 Å². The molecule has 98 valence electrons. The smallest absolute Gasteiger partial charge is 0.255 e. The second-order valence-corrected chi connectivity index (χ2v) is 5.52. The van der Waals surface area contributed by atoms with Crippen LogP contribution in [0.25, 0.3) is 0 Å². The monoisotopic (exact) mass is 330 g/mol. The molecule has 1 unspecified atom stereocenters. The van der Waals surface area contributed by atoms with Crippen LogP contribution >= 0.6 is 28.1 Å². The van der Waals surface area contributed by atoms with Crippen molar-refractivity contribution in [2.45, 2.75) is 25.8 Å². The Kier molecular flexibility index (Phi) is 4.70. The quantitative estimate of drug-likeness (QED) is 0.740. The second-order valence-electron chi connectivity index (χ2n) is 4.17. The standard InChI is InChI=1S/C12H15BrN2O2S/c1-3-12(2,11(14)18)15-10(17)8-6-7(13)4-5-9(8)16/h4-6,16H,3H2,1-2H3,(H2,14,18)(H,15,17). The van der Waals surface area contributed by atoms with E-state index in [1.807, 2.05) is 6.92 Å². The molecule has 0 radical (unpaired) electrons. The van der Waals surface area contributed by atoms with Gasteiger partial charge in [-0.05, 0) is 31.5 Å². The number of hydrogen-bond donors (Lipinski definition) is 3. The SMILES string of the molecule is CCC(C)(NC(=O)c1cc(Br)ccc1O)C(N)=S. The minimum absolute atomic E-state index is 0.0860. The van der Waals surface area contributed by atoms with Crippen molar-refractivity contribution in [2.75, 3.05) is 0 Å². The molecule has 0 aliphatic carbocycles. The van der Waals surface area contributed by atoms with Crippen molar-refractivity contribution in [3.05, 3.63) is 28.2 Å². The Labute approximate surface area is 120 Å². The van der Waals surface area contributed by atoms with Gasteiger partial charge in [-0.25, -0.2) is 0 Å². The minimum atomic E-state index is -0.763. The molecule has 0 saturated heterocycles. The zero-order chi connectivity index (χ0) is 13.9. The number of benzene rings is 1. The molecule has 1 atom stereocenters. The summed E-state index contributed by atoms with van der Waals surface area (Å²) in [6.45, 7) is 3.63. The summed E-state index contributed by atoms with van der Waals surface area (Å²) in [7, 11) is 0. The van der Waals surface area contributed by atoms with Gasteiger partial charge in [0.15, 0.2) is 0 Å². The molecule has 1 aromatic carbocycles. The molecule has 0 saturated carbocycles. The van der Waals surface area contributed by atoms with Crippen LogP contribution in [0.4, 0.5) is 0 Å². The molecule has 1 aromatic rings. The molecule has 0 aliphatic rings. The highest BCUT2D eigenvalue weighted by Crippen LogP contribution is 2.22. The second kappa shape index (κ2) is 5.67. The van der Waals surface area contributed by atoms with Gasteiger partial charge < -0.3 is 16.2 Å². The minimum Gasteiger partial charge on any atom is -0.507 e. The summed E-state index contributed by atoms with van der Waals surface area (Å²) in [5, 5.41) is 12.4. The molecule has 0 aliphatic heterocycles. The average molecular weight is 331 g/mol. The fourth-order valence-electron chi connectivity index (χ4n) is 1.33. The van der Waals surface area contributed by atoms with Crippen molar-refractivity contribution in [1.82, 2.24) is 5.32 Å². The van der Waals surface area contributed by atoms with Crippen LogP contribution in [0.15, 0.2) is 22.7 Å². The van der Waals surface area contributed by atoms with Crippen molar-refractivity contribution in [1.29, 1.82) is 0 Å². The predicted molar refractivity (Wildman–Crippen MR) is 78.8 cm³/mol. The number of phenols is 1. The third kappa shape index (κ3) is 3.20. The molecule has 18 heavy (non-hydrogen) atoms. The van der Waals surface area contributed by atoms with E-state index in [2.05, 4.69) is 21.2 Å². The van der Waals surface area contributed by atoms with E-state index in [1.54, 1.807) is 19.1 Å². The molecule has 0 bridgehead atoms. The number of thiocarbonyl (C=S) groups is 1. The first kappa shape index (κ1) is 14.9. The summed E-state index contributed by atoms with van der Waals surface area (Å²) in [4.78, 5) is 12.3. The Hall–Kier alpha value is -1.14. The first-order valence-corrected chi connectivity index (χ1v) is 6.61. The third-order valence-corrected chi connectivity index (χ3v) is 3.79. The van der Waals surface area contributed by atoms with E-state index in [0.29, 0.717) is 10.9 Å². The van der Waals surface area contributed by atoms with Crippen molar-refractivity contribution in [2.24, 2.45) is 5.73 Å². The van der Waals surface area contributed by atoms with Gasteiger partial charge >= 0.3 is 0 Å². The van der Waals surface area contributed by atoms with Crippen LogP contribution in [-0.4, -0.2) is 21.5 Å². The number of aromatic hydroxyl groups is 1. The lowest BCUT2D eigenvalue weighted by Crippen LogP contribution is -2.54. The van der Waals surface area contributed by atoms with Crippen molar-refractivity contribution in [3.8, 4) is 5.75 Å². The summed E-state index contributed by atoms with van der Waals surface area (Å²) >= 11 is 8.20. The molecular weight excluding hydrogens is 316 g/mol. The molecule has 4 nitrogen and oxygen atoms in total. The highest BCUT2D eigenvalue weighted by molar-refractivity contribution is 9.10. The van der Waals surface area contributed by atoms with Gasteiger partial charge in [-0.15, -0.1) is 0 Å². The number of nitrogens with one attached hydrogen (secondary N) is 1. The maximum absolute atomic E-state index is 12.1. The Morgan fingerprint density at radius 1 is 1.61 bits per heavy atom. The summed E-state index contributed by atoms with van der Waals surface area (Å²) in [6, 6.07) is 4.64. The zero-order valence-corrected chi connectivity index (χ0v) is 12.6. The van der Waals surface area contributed by atoms with E-state index >= 15 is 0 Å². The molecule has 1 amide bonds. The normalized spacial score (nSPS) is 13.7. The number of carbonyl (C=O) groups excluding carboxylic acids is 1. The number of hydrogen-bond acceptors (Lipinski definition) is 3. The summed E-state index contributed by atoms with van der Waals surface area (Å²) in [5.74, 6) is -0.497. The Balaban J connectivity index is 3.02. The van der Waals surface area contributed by atoms with Crippen LogP contribution in [-0.2, 0) is 0 Å². The van der Waals surface area contributed by atoms with E-state index < -0.39 is 11.4 Å². The Bertz CT molecular complexity index is 493. The van der Waals surface area contributed by atoms with E-state index in [4.69, 9.17) is 18.0 Å². The zero-order valence-electron chi connectivity index (χ0n) is 10.2. The van der Waals surface area contributed by atoms with Gasteiger partial charge in [-0.2, -0.15) is 0 Å². The fourth-order valence-corrected chi connectivity index (χ4v) is 1.89. The number of nitrogens with two attached hydrogens (primary N) is 1. The topological polar surface area (TPSA) is 75.3 Å². The van der Waals surface area contributed by atoms with Crippen LogP contribution in [0, 0.1) is 0 Å². The van der Waals surface area contributed by atoms with Gasteiger partial charge in [0.25, 0.3) is 5.91 Å². The summed E-state index contributed by atoms with van der Waals surface area (Å²) < 4.78 is 0.707. The molecule has 0 aromatic heterocycles. The van der Waals surface area contributed by atoms with Crippen LogP contribution in [0.2, 0.25) is 0 Å². The molecule has 0 spiro atoms. The molecule has 1 rings (SSSR count). The Morgan fingerprint density at radius 2 is 2.22 bits per heavy atom. The average Bonchev–Trinajstić information content (AvgIpc) is 2.31. The first-order chi connectivity index (χ1) is 8.30. The van der Waals surface area contributed by atoms with Crippen LogP contribution in [0.3, 0.4) is 0 Å². The van der Waals surface area contributed by atoms with Crippen molar-refractivity contribution < 1.29 is 9.90 Å². The number of halogens is 1. The van der Waals surface area contributed by atoms with Gasteiger partial charge in [0.2, 0.25) is 0 Å². The fraction of sp³-hybridized carbons (Fsp3) is 0.333. The summed E-state index contributed by atoms with van der Waals surface area (Å²) in [6.07, 6.45) is 0.572. The third-order valence-electron chi connectivity index (χ3n) is 2.84. The number of phenolic OH excluding ortho intramolecular Hbond substituents is 1. The van der Waals surface area contributed by atoms with E-state index in [-0.39, 0.29) is 16.3 Å². The van der Waals surface area contributed by atoms with Gasteiger partial charge in [0.1, 0.15) is 5.75 Å². The largest absolute Gasteiger partial charge is 0.507 e. The maximum Gasteiger partial charge on any atom is 0.255 e. The van der Waals surface area contributed by atoms with Crippen LogP contribution < -0.4 is 11.1 Å². The Morgan fingerprint density at radius 3 is 2.72 bits per heavy atom. The lowest BCUT2D eigenvalue weighted by atomic mass is 9.98. The van der Waals surface area contributed by atoms with Gasteiger partial charge in [0, 0.05) is 4.47 Å². The van der Waals surface area contributed by atoms with Crippen LogP contribution in [0.1, 0.15) is 30.6 Å². The molecule has 6 heteroatoms. The van der Waals surface area contributed by atoms with Gasteiger partial charge in [-0.3, -0.25) is 4.79 Å². The first-order valence-electron chi connectivity index (χ1n) is 5.41. The van der Waals surface area contributed by atoms with Crippen LogP contribution in [0.5, 0.6) is 5.75 Å². The lowest BCUT2D eigenvalue weighted by Gasteiger charge is -2.28. The van der Waals surface area contributed by atoms with Gasteiger partial charge in [0.05, 0.1) is 16.1 Å². The molecule has 0 heterocycles. The number of carbonyl (C=O) groups is 1. The molecule has 4 N–H and O–H groups in total. The molecule has 0 fully saturated rings. The van der Waals surface area contributed by atoms with Gasteiger partial charge in [-0.1, -0.05) is 35.1 Å².